The van der Waals surface area contributed by atoms with Crippen LogP contribution in [0.4, 0.5) is 0 Å². The fourth-order valence-corrected chi connectivity index (χ4v) is 4.41. The summed E-state index contributed by atoms with van der Waals surface area (Å²) in [6.07, 6.45) is 1.80. The van der Waals surface area contributed by atoms with Crippen molar-refractivity contribution in [2.45, 2.75) is 27.7 Å². The van der Waals surface area contributed by atoms with E-state index in [1.807, 2.05) is 13.8 Å². The average Bonchev–Trinajstić information content (AvgIpc) is 2.40. The minimum Gasteiger partial charge on any atom is -0.466 e. The SMILES string of the molecule is COC(=O)C1=C[C@@H]2[C@H]1[C@]1(C)C(=O)C(C)=C(C)C(=O)[C@]21C. The van der Waals surface area contributed by atoms with Gasteiger partial charge in [0.05, 0.1) is 17.9 Å². The number of carbonyl (C=O) groups is 3. The third-order valence-electron chi connectivity index (χ3n) is 6.03. The van der Waals surface area contributed by atoms with Gasteiger partial charge in [0.15, 0.2) is 11.6 Å². The molecule has 106 valence electrons. The molecule has 3 aliphatic rings. The number of Topliss-reactive ketones (excluding diaryl/α,β-unsaturated/α-hetero) is 2. The van der Waals surface area contributed by atoms with E-state index in [0.29, 0.717) is 16.7 Å². The van der Waals surface area contributed by atoms with Crippen LogP contribution in [0.25, 0.3) is 0 Å². The molecule has 0 aromatic carbocycles. The van der Waals surface area contributed by atoms with E-state index in [-0.39, 0.29) is 23.4 Å². The molecule has 0 unspecified atom stereocenters. The number of hydrogen-bond donors (Lipinski definition) is 0. The van der Waals surface area contributed by atoms with E-state index in [2.05, 4.69) is 0 Å². The zero-order valence-electron chi connectivity index (χ0n) is 12.4. The van der Waals surface area contributed by atoms with Gasteiger partial charge in [0.1, 0.15) is 0 Å². The first-order valence-electron chi connectivity index (χ1n) is 6.80. The van der Waals surface area contributed by atoms with Crippen molar-refractivity contribution in [1.29, 1.82) is 0 Å². The Morgan fingerprint density at radius 2 is 1.60 bits per heavy atom. The van der Waals surface area contributed by atoms with Crippen LogP contribution >= 0.6 is 0 Å². The highest BCUT2D eigenvalue weighted by atomic mass is 16.5. The molecule has 0 aromatic rings. The summed E-state index contributed by atoms with van der Waals surface area (Å²) in [6.45, 7) is 7.10. The van der Waals surface area contributed by atoms with Gasteiger partial charge in [0, 0.05) is 11.5 Å². The molecule has 0 amide bonds. The normalized spacial score (nSPS) is 42.1. The molecule has 3 aliphatic carbocycles. The lowest BCUT2D eigenvalue weighted by Crippen LogP contribution is -2.74. The van der Waals surface area contributed by atoms with Crippen LogP contribution < -0.4 is 0 Å². The predicted octanol–water partition coefficient (Wildman–Crippen LogP) is 1.85. The van der Waals surface area contributed by atoms with Gasteiger partial charge in [-0.2, -0.15) is 0 Å². The van der Waals surface area contributed by atoms with Crippen LogP contribution in [0.5, 0.6) is 0 Å². The monoisotopic (exact) mass is 274 g/mol. The third-order valence-corrected chi connectivity index (χ3v) is 6.03. The van der Waals surface area contributed by atoms with E-state index in [4.69, 9.17) is 4.74 Å². The van der Waals surface area contributed by atoms with Crippen LogP contribution in [0.15, 0.2) is 22.8 Å². The van der Waals surface area contributed by atoms with Crippen LogP contribution in [0.1, 0.15) is 27.7 Å². The maximum absolute atomic E-state index is 12.7. The summed E-state index contributed by atoms with van der Waals surface area (Å²) in [4.78, 5) is 37.1. The Labute approximate surface area is 117 Å². The van der Waals surface area contributed by atoms with Crippen molar-refractivity contribution in [3.05, 3.63) is 22.8 Å². The molecule has 0 heterocycles. The fourth-order valence-electron chi connectivity index (χ4n) is 4.41. The molecule has 4 atom stereocenters. The Bertz CT molecular complexity index is 639. The Morgan fingerprint density at radius 1 is 1.10 bits per heavy atom. The molecular weight excluding hydrogens is 256 g/mol. The lowest BCUT2D eigenvalue weighted by atomic mass is 9.29. The summed E-state index contributed by atoms with van der Waals surface area (Å²) in [5, 5.41) is 0. The van der Waals surface area contributed by atoms with Gasteiger partial charge in [-0.1, -0.05) is 19.9 Å². The zero-order valence-corrected chi connectivity index (χ0v) is 12.4. The number of methoxy groups -OCH3 is 1. The summed E-state index contributed by atoms with van der Waals surface area (Å²) in [5.41, 5.74) is 0.121. The first-order valence-corrected chi connectivity index (χ1v) is 6.80. The van der Waals surface area contributed by atoms with Crippen molar-refractivity contribution in [1.82, 2.24) is 0 Å². The summed E-state index contributed by atoms with van der Waals surface area (Å²) in [5.74, 6) is -0.564. The van der Waals surface area contributed by atoms with Gasteiger partial charge < -0.3 is 4.74 Å². The molecule has 0 aliphatic heterocycles. The molecule has 0 aromatic heterocycles. The number of rotatable bonds is 1. The van der Waals surface area contributed by atoms with Crippen LogP contribution in [0.3, 0.4) is 0 Å². The fraction of sp³-hybridized carbons (Fsp3) is 0.562. The second-order valence-electron chi connectivity index (χ2n) is 6.43. The van der Waals surface area contributed by atoms with Crippen molar-refractivity contribution < 1.29 is 19.1 Å². The molecular formula is C16H18O4. The summed E-state index contributed by atoms with van der Waals surface area (Å²) in [6, 6.07) is 0. The van der Waals surface area contributed by atoms with Crippen molar-refractivity contribution in [3.63, 3.8) is 0 Å². The molecule has 0 spiro atoms. The lowest BCUT2D eigenvalue weighted by molar-refractivity contribution is -0.192. The van der Waals surface area contributed by atoms with Crippen LogP contribution in [0.2, 0.25) is 0 Å². The van der Waals surface area contributed by atoms with E-state index in [1.54, 1.807) is 19.9 Å². The van der Waals surface area contributed by atoms with Gasteiger partial charge in [-0.25, -0.2) is 4.79 Å². The van der Waals surface area contributed by atoms with Gasteiger partial charge in [-0.3, -0.25) is 9.59 Å². The molecule has 0 radical (unpaired) electrons. The van der Waals surface area contributed by atoms with E-state index < -0.39 is 16.8 Å². The van der Waals surface area contributed by atoms with Gasteiger partial charge in [0.2, 0.25) is 0 Å². The van der Waals surface area contributed by atoms with E-state index in [0.717, 1.165) is 0 Å². The quantitative estimate of drug-likeness (QED) is 0.685. The minimum atomic E-state index is -0.809. The summed E-state index contributed by atoms with van der Waals surface area (Å²) >= 11 is 0. The number of fused-ring (bicyclic) bond motifs is 4. The number of ketones is 2. The van der Waals surface area contributed by atoms with Crippen LogP contribution in [-0.2, 0) is 19.1 Å². The highest BCUT2D eigenvalue weighted by Gasteiger charge is 2.78. The maximum atomic E-state index is 12.7. The minimum absolute atomic E-state index is 0.00662. The van der Waals surface area contributed by atoms with E-state index in [9.17, 15) is 14.4 Å². The highest BCUT2D eigenvalue weighted by Crippen LogP contribution is 2.74. The van der Waals surface area contributed by atoms with Gasteiger partial charge >= 0.3 is 5.97 Å². The van der Waals surface area contributed by atoms with Gasteiger partial charge in [-0.15, -0.1) is 0 Å². The van der Waals surface area contributed by atoms with Crippen LogP contribution in [0, 0.1) is 22.7 Å². The topological polar surface area (TPSA) is 60.4 Å². The largest absolute Gasteiger partial charge is 0.466 e. The number of carbonyl (C=O) groups excluding carboxylic acids is 3. The zero-order chi connectivity index (χ0) is 15.0. The molecule has 20 heavy (non-hydrogen) atoms. The van der Waals surface area contributed by atoms with Crippen molar-refractivity contribution in [2.75, 3.05) is 7.11 Å². The van der Waals surface area contributed by atoms with E-state index >= 15 is 0 Å². The first-order chi connectivity index (χ1) is 9.22. The van der Waals surface area contributed by atoms with Crippen molar-refractivity contribution in [2.24, 2.45) is 22.7 Å². The molecule has 0 bridgehead atoms. The molecule has 0 N–H and O–H groups in total. The third kappa shape index (κ3) is 1.01. The number of ether oxygens (including phenoxy) is 1. The maximum Gasteiger partial charge on any atom is 0.333 e. The Kier molecular flexibility index (Phi) is 2.31. The number of allylic oxidation sites excluding steroid dienone is 3. The van der Waals surface area contributed by atoms with Crippen molar-refractivity contribution >= 4 is 17.5 Å². The number of hydrogen-bond acceptors (Lipinski definition) is 4. The molecule has 4 heteroatoms. The molecule has 1 fully saturated rings. The second kappa shape index (κ2) is 3.48. The molecule has 1 saturated carbocycles. The molecule has 0 saturated heterocycles. The van der Waals surface area contributed by atoms with Gasteiger partial charge in [-0.05, 0) is 30.9 Å². The summed E-state index contributed by atoms with van der Waals surface area (Å²) in [7, 11) is 1.33. The van der Waals surface area contributed by atoms with E-state index in [1.165, 1.54) is 7.11 Å². The standard InChI is InChI=1S/C16H18O4/c1-7-8(2)13(18)16(4)11-9(14(19)20-5)6-10(11)15(16,3)12(7)17/h6,10-11H,1-5H3/t10-,11+,15+,16-/m1/s1. The Morgan fingerprint density at radius 3 is 2.10 bits per heavy atom. The Balaban J connectivity index is 2.14. The second-order valence-corrected chi connectivity index (χ2v) is 6.43. The predicted molar refractivity (Wildman–Crippen MR) is 71.7 cm³/mol. The lowest BCUT2D eigenvalue weighted by Gasteiger charge is -2.70. The smallest absolute Gasteiger partial charge is 0.333 e. The van der Waals surface area contributed by atoms with Gasteiger partial charge in [0.25, 0.3) is 0 Å². The number of esters is 1. The average molecular weight is 274 g/mol. The highest BCUT2D eigenvalue weighted by molar-refractivity contribution is 6.19. The Hall–Kier alpha value is -1.71. The first kappa shape index (κ1) is 13.3. The molecule has 4 nitrogen and oxygen atoms in total. The van der Waals surface area contributed by atoms with Crippen LogP contribution in [-0.4, -0.2) is 24.6 Å². The molecule has 3 rings (SSSR count). The van der Waals surface area contributed by atoms with Crippen molar-refractivity contribution in [3.8, 4) is 0 Å². The summed E-state index contributed by atoms with van der Waals surface area (Å²) < 4.78 is 4.76.